The van der Waals surface area contributed by atoms with Gasteiger partial charge in [0.2, 0.25) is 5.91 Å². The van der Waals surface area contributed by atoms with Gasteiger partial charge >= 0.3 is 0 Å². The lowest BCUT2D eigenvalue weighted by molar-refractivity contribution is -0.135. The topological polar surface area (TPSA) is 91.6 Å². The van der Waals surface area contributed by atoms with Crippen LogP contribution in [0.2, 0.25) is 0 Å². The molecule has 8 heteroatoms. The maximum absolute atomic E-state index is 12.8. The molecule has 35 heavy (non-hydrogen) atoms. The quantitative estimate of drug-likeness (QED) is 0.541. The van der Waals surface area contributed by atoms with Gasteiger partial charge in [0.1, 0.15) is 17.6 Å². The van der Waals surface area contributed by atoms with Gasteiger partial charge in [-0.2, -0.15) is 5.26 Å². The monoisotopic (exact) mass is 473 g/mol. The Hall–Kier alpha value is -3.44. The van der Waals surface area contributed by atoms with Gasteiger partial charge in [0.25, 0.3) is 0 Å². The number of piperazine rings is 1. The lowest BCUT2D eigenvalue weighted by Crippen LogP contribution is -2.56. The Morgan fingerprint density at radius 2 is 2.11 bits per heavy atom. The molecule has 0 bridgehead atoms. The summed E-state index contributed by atoms with van der Waals surface area (Å²) in [7, 11) is 1.62. The highest BCUT2D eigenvalue weighted by atomic mass is 16.5. The molecule has 1 amide bonds. The van der Waals surface area contributed by atoms with Gasteiger partial charge in [0.05, 0.1) is 36.0 Å². The molecule has 3 aliphatic rings. The Kier molecular flexibility index (Phi) is 6.69. The maximum atomic E-state index is 12.8. The molecule has 2 aromatic heterocycles. The van der Waals surface area contributed by atoms with Crippen molar-refractivity contribution in [3.8, 4) is 17.6 Å². The summed E-state index contributed by atoms with van der Waals surface area (Å²) in [5.74, 6) is 2.99. The molecule has 5 rings (SSSR count). The summed E-state index contributed by atoms with van der Waals surface area (Å²) >= 11 is 0. The summed E-state index contributed by atoms with van der Waals surface area (Å²) in [5.41, 5.74) is 2.12. The van der Waals surface area contributed by atoms with Crippen molar-refractivity contribution in [2.75, 3.05) is 38.3 Å². The second kappa shape index (κ2) is 10.0. The predicted octanol–water partition coefficient (Wildman–Crippen LogP) is 4.12. The largest absolute Gasteiger partial charge is 0.455 e. The number of anilines is 1. The fourth-order valence-corrected chi connectivity index (χ4v) is 4.81. The molecular formula is C27H31N5O3. The van der Waals surface area contributed by atoms with Crippen LogP contribution in [-0.4, -0.2) is 60.2 Å². The Balaban J connectivity index is 1.42. The fourth-order valence-electron chi connectivity index (χ4n) is 4.81. The van der Waals surface area contributed by atoms with Crippen molar-refractivity contribution < 1.29 is 14.3 Å². The molecular weight excluding hydrogens is 442 g/mol. The van der Waals surface area contributed by atoms with Crippen molar-refractivity contribution in [1.82, 2.24) is 14.9 Å². The van der Waals surface area contributed by atoms with E-state index in [0.717, 1.165) is 37.1 Å². The van der Waals surface area contributed by atoms with Crippen LogP contribution >= 0.6 is 0 Å². The lowest BCUT2D eigenvalue weighted by Gasteiger charge is -2.42. The summed E-state index contributed by atoms with van der Waals surface area (Å²) in [6.45, 7) is 6.19. The molecule has 1 aliphatic heterocycles. The summed E-state index contributed by atoms with van der Waals surface area (Å²) in [6, 6.07) is 7.93. The highest BCUT2D eigenvalue weighted by Crippen LogP contribution is 2.46. The fraction of sp³-hybridized carbons (Fsp3) is 0.481. The number of methoxy groups -OCH3 is 1. The van der Waals surface area contributed by atoms with Gasteiger partial charge in [0, 0.05) is 51.0 Å². The van der Waals surface area contributed by atoms with Gasteiger partial charge in [-0.3, -0.25) is 9.78 Å². The number of carbonyl (C=O) groups is 1. The van der Waals surface area contributed by atoms with E-state index in [4.69, 9.17) is 14.5 Å². The van der Waals surface area contributed by atoms with Crippen LogP contribution in [0.15, 0.2) is 31.0 Å². The first-order valence-corrected chi connectivity index (χ1v) is 12.4. The number of nitriles is 1. The SMILES string of the molecule is C=Cc1cc(Oc2cc(C#N)c(N3CCN(C(=O)CCOC)C(C4CC4)C3)nc2C2CC2)ccn1. The second-order valence-corrected chi connectivity index (χ2v) is 9.53. The summed E-state index contributed by atoms with van der Waals surface area (Å²) in [5, 5.41) is 10.0. The first kappa shape index (κ1) is 23.3. The van der Waals surface area contributed by atoms with Gasteiger partial charge < -0.3 is 19.3 Å². The van der Waals surface area contributed by atoms with Crippen molar-refractivity contribution in [3.05, 3.63) is 47.9 Å². The minimum absolute atomic E-state index is 0.149. The molecule has 3 fully saturated rings. The van der Waals surface area contributed by atoms with Crippen LogP contribution in [0.1, 0.15) is 55.0 Å². The number of nitrogens with zero attached hydrogens (tertiary/aromatic N) is 5. The van der Waals surface area contributed by atoms with E-state index in [1.54, 1.807) is 25.4 Å². The molecule has 0 N–H and O–H groups in total. The van der Waals surface area contributed by atoms with Crippen LogP contribution in [0.3, 0.4) is 0 Å². The Bertz CT molecular complexity index is 1150. The molecule has 2 saturated carbocycles. The second-order valence-electron chi connectivity index (χ2n) is 9.53. The van der Waals surface area contributed by atoms with Gasteiger partial charge in [0.15, 0.2) is 5.75 Å². The zero-order chi connectivity index (χ0) is 24.4. The number of pyridine rings is 2. The summed E-state index contributed by atoms with van der Waals surface area (Å²) in [6.07, 6.45) is 8.18. The number of rotatable bonds is 9. The highest BCUT2D eigenvalue weighted by molar-refractivity contribution is 5.77. The van der Waals surface area contributed by atoms with Crippen molar-refractivity contribution >= 4 is 17.8 Å². The van der Waals surface area contributed by atoms with Gasteiger partial charge in [-0.05, 0) is 43.7 Å². The normalized spacial score (nSPS) is 19.8. The lowest BCUT2D eigenvalue weighted by atomic mass is 10.0. The molecule has 2 aromatic rings. The van der Waals surface area contributed by atoms with Gasteiger partial charge in [-0.25, -0.2) is 4.98 Å². The molecule has 1 unspecified atom stereocenters. The van der Waals surface area contributed by atoms with E-state index < -0.39 is 0 Å². The molecule has 182 valence electrons. The van der Waals surface area contributed by atoms with E-state index in [-0.39, 0.29) is 11.9 Å². The Morgan fingerprint density at radius 3 is 2.80 bits per heavy atom. The van der Waals surface area contributed by atoms with E-state index >= 15 is 0 Å². The third kappa shape index (κ3) is 5.15. The van der Waals surface area contributed by atoms with E-state index in [2.05, 4.69) is 22.5 Å². The van der Waals surface area contributed by atoms with Crippen LogP contribution in [0, 0.1) is 17.2 Å². The van der Waals surface area contributed by atoms with Gasteiger partial charge in [-0.15, -0.1) is 0 Å². The average Bonchev–Trinajstić information content (AvgIpc) is 3.80. The van der Waals surface area contributed by atoms with Crippen LogP contribution in [0.25, 0.3) is 6.08 Å². The minimum atomic E-state index is 0.149. The van der Waals surface area contributed by atoms with Crippen LogP contribution in [0.5, 0.6) is 11.5 Å². The standard InChI is InChI=1S/C27H31N5O3/c1-3-21-15-22(8-10-29-21)35-24-14-20(16-28)27(30-26(24)19-6-7-19)31-11-12-32(25(33)9-13-34-2)23(17-31)18-4-5-18/h3,8,10,14-15,18-19,23H,1,4-7,9,11-13,17H2,2H3. The Labute approximate surface area is 206 Å². The van der Waals surface area contributed by atoms with Crippen molar-refractivity contribution in [3.63, 3.8) is 0 Å². The van der Waals surface area contributed by atoms with E-state index in [9.17, 15) is 10.1 Å². The minimum Gasteiger partial charge on any atom is -0.455 e. The molecule has 2 aliphatic carbocycles. The number of hydrogen-bond donors (Lipinski definition) is 0. The Morgan fingerprint density at radius 1 is 1.29 bits per heavy atom. The molecule has 3 heterocycles. The molecule has 8 nitrogen and oxygen atoms in total. The molecule has 0 radical (unpaired) electrons. The van der Waals surface area contributed by atoms with Crippen molar-refractivity contribution in [2.24, 2.45) is 5.92 Å². The third-order valence-corrected chi connectivity index (χ3v) is 6.99. The van der Waals surface area contributed by atoms with E-state index in [0.29, 0.717) is 67.4 Å². The van der Waals surface area contributed by atoms with E-state index in [1.807, 2.05) is 17.0 Å². The van der Waals surface area contributed by atoms with Crippen LogP contribution in [-0.2, 0) is 9.53 Å². The molecule has 1 saturated heterocycles. The number of ether oxygens (including phenoxy) is 2. The smallest absolute Gasteiger partial charge is 0.225 e. The van der Waals surface area contributed by atoms with Crippen molar-refractivity contribution in [2.45, 2.75) is 44.1 Å². The number of carbonyl (C=O) groups excluding carboxylic acids is 1. The van der Waals surface area contributed by atoms with Crippen LogP contribution < -0.4 is 9.64 Å². The molecule has 1 atom stereocenters. The zero-order valence-corrected chi connectivity index (χ0v) is 20.2. The van der Waals surface area contributed by atoms with Crippen molar-refractivity contribution in [1.29, 1.82) is 5.26 Å². The molecule has 0 spiro atoms. The maximum Gasteiger partial charge on any atom is 0.225 e. The first-order valence-electron chi connectivity index (χ1n) is 12.4. The number of hydrogen-bond acceptors (Lipinski definition) is 7. The van der Waals surface area contributed by atoms with Gasteiger partial charge in [-0.1, -0.05) is 6.58 Å². The molecule has 0 aromatic carbocycles. The number of amides is 1. The summed E-state index contributed by atoms with van der Waals surface area (Å²) in [4.78, 5) is 26.3. The van der Waals surface area contributed by atoms with Crippen LogP contribution in [0.4, 0.5) is 5.82 Å². The highest BCUT2D eigenvalue weighted by Gasteiger charge is 2.41. The average molecular weight is 474 g/mol. The predicted molar refractivity (Wildman–Crippen MR) is 132 cm³/mol. The number of aromatic nitrogens is 2. The summed E-state index contributed by atoms with van der Waals surface area (Å²) < 4.78 is 11.3. The zero-order valence-electron chi connectivity index (χ0n) is 20.2. The van der Waals surface area contributed by atoms with E-state index in [1.165, 1.54) is 0 Å². The first-order chi connectivity index (χ1) is 17.1. The third-order valence-electron chi connectivity index (χ3n) is 6.99.